The molecule has 1 saturated heterocycles. The summed E-state index contributed by atoms with van der Waals surface area (Å²) >= 11 is 1.000. The number of rotatable bonds is 13. The molecule has 15 nitrogen and oxygen atoms in total. The van der Waals surface area contributed by atoms with E-state index in [4.69, 9.17) is 37.8 Å². The van der Waals surface area contributed by atoms with Crippen LogP contribution in [0.5, 0.6) is 11.5 Å². The third-order valence-corrected chi connectivity index (χ3v) is 6.52. The summed E-state index contributed by atoms with van der Waals surface area (Å²) in [5.41, 5.74) is -0.0693. The molecule has 0 bridgehead atoms. The fourth-order valence-corrected chi connectivity index (χ4v) is 4.27. The molecule has 3 rings (SSSR count). The maximum Gasteiger partial charge on any atom is 0.408 e. The standard InChI is InChI=1S/C21H24N2O7.C17H21NO5.CH4S/c1-5-12-28-15-8-6-14(7-9-15)13-16(22-20(27)29-21(2,3)4)19(26)30-23-17(24)10-11-18(23)25;1-5-10-22-13-8-6-12(7-9-13)11-14(15(19)20)18-16(21)23-17(2,3)4;1-2/h1,6-9,16H,10-13H2,2-4H3,(H,22,27);1,6-9,14H,10-11H2,2-4H3,(H,18,21)(H,19,20);2H,1H3/t16-;14-;/m00./s1/i/hD. The average Bonchev–Trinajstić information content (AvgIpc) is 3.41. The Morgan fingerprint density at radius 2 is 1.15 bits per heavy atom. The molecule has 2 atom stereocenters. The van der Waals surface area contributed by atoms with Gasteiger partial charge >= 0.3 is 24.1 Å². The number of nitrogens with zero attached hydrogens (tertiary/aromatic N) is 1. The molecule has 0 saturated carbocycles. The normalized spacial score (nSPS) is 13.3. The number of ether oxygens (including phenoxy) is 4. The molecule has 2 aromatic carbocycles. The number of aliphatic carboxylic acids is 1. The van der Waals surface area contributed by atoms with Gasteiger partial charge in [0.2, 0.25) is 0 Å². The number of nitrogens with one attached hydrogen (secondary N) is 2. The minimum Gasteiger partial charge on any atom is -0.481 e. The molecular weight excluding hydrogens is 735 g/mol. The number of carbonyl (C=O) groups is 6. The first-order valence-electron chi connectivity index (χ1n) is 17.2. The summed E-state index contributed by atoms with van der Waals surface area (Å²) in [6.07, 6.45) is 10.5. The second-order valence-corrected chi connectivity index (χ2v) is 13.4. The minimum atomic E-state index is -1.20. The van der Waals surface area contributed by atoms with Gasteiger partial charge < -0.3 is 39.5 Å². The van der Waals surface area contributed by atoms with Gasteiger partial charge in [-0.1, -0.05) is 36.1 Å². The van der Waals surface area contributed by atoms with E-state index in [1.807, 2.05) is 0 Å². The number of carboxylic acid groups (broad SMARTS) is 1. The summed E-state index contributed by atoms with van der Waals surface area (Å²) in [5, 5.41) is 14.5. The molecule has 1 aliphatic rings. The lowest BCUT2D eigenvalue weighted by molar-refractivity contribution is -0.198. The van der Waals surface area contributed by atoms with E-state index < -0.39 is 59.2 Å². The number of carboxylic acids is 1. The molecule has 0 unspecified atom stereocenters. The van der Waals surface area contributed by atoms with Gasteiger partial charge in [0.25, 0.3) is 11.8 Å². The molecule has 1 heterocycles. The lowest BCUT2D eigenvalue weighted by Gasteiger charge is -2.23. The van der Waals surface area contributed by atoms with Crippen molar-refractivity contribution in [2.24, 2.45) is 0 Å². The van der Waals surface area contributed by atoms with Crippen LogP contribution in [0.2, 0.25) is 0 Å². The van der Waals surface area contributed by atoms with Crippen LogP contribution in [0.3, 0.4) is 0 Å². The molecule has 16 heteroatoms. The van der Waals surface area contributed by atoms with Crippen molar-refractivity contribution in [2.75, 3.05) is 19.5 Å². The number of thiol groups is 1. The van der Waals surface area contributed by atoms with Crippen molar-refractivity contribution < 1.29 is 57.7 Å². The van der Waals surface area contributed by atoms with Crippen LogP contribution < -0.4 is 20.1 Å². The summed E-state index contributed by atoms with van der Waals surface area (Å²) < 4.78 is 26.9. The van der Waals surface area contributed by atoms with E-state index in [-0.39, 0.29) is 38.9 Å². The second kappa shape index (κ2) is 23.0. The maximum absolute atomic E-state index is 12.6. The summed E-state index contributed by atoms with van der Waals surface area (Å²) in [6, 6.07) is 11.3. The molecule has 0 spiro atoms. The Hall–Kier alpha value is -5.87. The topological polar surface area (TPSA) is 196 Å². The fraction of sp³-hybridized carbons (Fsp3) is 0.436. The monoisotopic (exact) mass is 784 g/mol. The number of amides is 4. The van der Waals surface area contributed by atoms with Crippen molar-refractivity contribution in [3.05, 3.63) is 59.7 Å². The minimum absolute atomic E-state index is 0.0315. The molecule has 1 aliphatic heterocycles. The van der Waals surface area contributed by atoms with Gasteiger partial charge in [0, 0.05) is 25.7 Å². The highest BCUT2D eigenvalue weighted by molar-refractivity contribution is 7.79. The van der Waals surface area contributed by atoms with Crippen molar-refractivity contribution in [3.8, 4) is 36.2 Å². The molecule has 298 valence electrons. The van der Waals surface area contributed by atoms with Crippen LogP contribution >= 0.6 is 12.5 Å². The first kappa shape index (κ1) is 45.3. The maximum atomic E-state index is 12.6. The van der Waals surface area contributed by atoms with Crippen LogP contribution in [-0.4, -0.2) is 90.0 Å². The first-order valence-corrected chi connectivity index (χ1v) is 17.6. The number of imide groups is 1. The molecule has 4 amide bonds. The summed E-state index contributed by atoms with van der Waals surface area (Å²) in [7, 11) is 0. The predicted molar refractivity (Wildman–Crippen MR) is 205 cm³/mol. The summed E-state index contributed by atoms with van der Waals surface area (Å²) in [5.74, 6) is 2.53. The Kier molecular flexibility index (Phi) is 19.0. The van der Waals surface area contributed by atoms with Crippen LogP contribution in [-0.2, 0) is 46.3 Å². The summed E-state index contributed by atoms with van der Waals surface area (Å²) in [6.45, 7) is 10.4. The van der Waals surface area contributed by atoms with Gasteiger partial charge in [0.1, 0.15) is 49.1 Å². The molecule has 1 fully saturated rings. The molecule has 55 heavy (non-hydrogen) atoms. The highest BCUT2D eigenvalue weighted by atomic mass is 32.1. The van der Waals surface area contributed by atoms with Gasteiger partial charge in [-0.2, -0.15) is 12.5 Å². The van der Waals surface area contributed by atoms with Gasteiger partial charge in [-0.05, 0) is 83.2 Å². The van der Waals surface area contributed by atoms with Gasteiger partial charge in [-0.3, -0.25) is 9.59 Å². The Morgan fingerprint density at radius 1 is 0.782 bits per heavy atom. The smallest absolute Gasteiger partial charge is 0.408 e. The van der Waals surface area contributed by atoms with Crippen molar-refractivity contribution >= 4 is 48.5 Å². The van der Waals surface area contributed by atoms with Gasteiger partial charge in [0.05, 0.1) is 0 Å². The van der Waals surface area contributed by atoms with Gasteiger partial charge in [-0.25, -0.2) is 19.2 Å². The van der Waals surface area contributed by atoms with Gasteiger partial charge in [-0.15, -0.1) is 17.9 Å². The average molecular weight is 785 g/mol. The van der Waals surface area contributed by atoms with Crippen LogP contribution in [0.25, 0.3) is 0 Å². The van der Waals surface area contributed by atoms with E-state index in [0.29, 0.717) is 22.1 Å². The van der Waals surface area contributed by atoms with Crippen LogP contribution in [0.15, 0.2) is 48.5 Å². The van der Waals surface area contributed by atoms with Crippen LogP contribution in [0.1, 0.15) is 65.5 Å². The fourth-order valence-electron chi connectivity index (χ4n) is 4.27. The lowest BCUT2D eigenvalue weighted by atomic mass is 10.1. The van der Waals surface area contributed by atoms with Crippen LogP contribution in [0.4, 0.5) is 9.59 Å². The third-order valence-electron chi connectivity index (χ3n) is 6.52. The quantitative estimate of drug-likeness (QED) is 0.126. The highest BCUT2D eigenvalue weighted by Crippen LogP contribution is 2.18. The molecule has 2 aromatic rings. The van der Waals surface area contributed by atoms with Crippen LogP contribution in [0, 0.1) is 24.7 Å². The number of terminal acetylenes is 2. The number of alkyl carbamates (subject to hydrolysis) is 2. The number of hydrogen-bond donors (Lipinski definition) is 4. The highest BCUT2D eigenvalue weighted by Gasteiger charge is 2.36. The van der Waals surface area contributed by atoms with E-state index in [2.05, 4.69) is 22.5 Å². The van der Waals surface area contributed by atoms with Crippen molar-refractivity contribution in [1.29, 1.82) is 1.12 Å². The lowest BCUT2D eigenvalue weighted by Crippen LogP contribution is -2.48. The summed E-state index contributed by atoms with van der Waals surface area (Å²) in [4.78, 5) is 76.2. The molecule has 0 aromatic heterocycles. The Labute approximate surface area is 328 Å². The SMILES string of the molecule is C#CCOc1ccc(C[C@H](NC(=O)OC(C)(C)C)C(=O)O)cc1.C#CCOc1ccc(C[C@H](NC(=O)OC(C)(C)C)C(=O)ON2C(=O)CCC2=O)cc1.[2H]SC. The third kappa shape index (κ3) is 19.2. The van der Waals surface area contributed by atoms with E-state index >= 15 is 0 Å². The predicted octanol–water partition coefficient (Wildman–Crippen LogP) is 4.51. The number of benzene rings is 2. The van der Waals surface area contributed by atoms with Crippen molar-refractivity contribution in [2.45, 2.75) is 90.5 Å². The Balaban J connectivity index is 0.000000540. The molecular formula is C39H49N3O12S. The Bertz CT molecular complexity index is 1690. The number of carbonyl (C=O) groups excluding carboxylic acids is 5. The van der Waals surface area contributed by atoms with Crippen molar-refractivity contribution in [3.63, 3.8) is 0 Å². The van der Waals surface area contributed by atoms with E-state index in [9.17, 15) is 33.9 Å². The zero-order valence-corrected chi connectivity index (χ0v) is 32.8. The van der Waals surface area contributed by atoms with E-state index in [1.165, 1.54) is 0 Å². The van der Waals surface area contributed by atoms with Gasteiger partial charge in [0.15, 0.2) is 0 Å². The molecule has 3 N–H and O–H groups in total. The Morgan fingerprint density at radius 3 is 1.49 bits per heavy atom. The zero-order valence-electron chi connectivity index (χ0n) is 33.0. The first-order chi connectivity index (χ1) is 26.2. The van der Waals surface area contributed by atoms with E-state index in [1.54, 1.807) is 96.3 Å². The van der Waals surface area contributed by atoms with E-state index in [0.717, 1.165) is 18.1 Å². The van der Waals surface area contributed by atoms with Crippen molar-refractivity contribution in [1.82, 2.24) is 15.7 Å². The molecule has 0 radical (unpaired) electrons. The second-order valence-electron chi connectivity index (χ2n) is 13.4. The number of hydroxylamine groups is 2. The number of hydrogen-bond acceptors (Lipinski definition) is 12. The zero-order chi connectivity index (χ0) is 42.5. The molecule has 0 aliphatic carbocycles. The largest absolute Gasteiger partial charge is 0.481 e.